The van der Waals surface area contributed by atoms with Gasteiger partial charge >= 0.3 is 0 Å². The summed E-state index contributed by atoms with van der Waals surface area (Å²) in [6.07, 6.45) is 0. The van der Waals surface area contributed by atoms with Gasteiger partial charge in [0.15, 0.2) is 11.2 Å². The van der Waals surface area contributed by atoms with Crippen LogP contribution in [0.1, 0.15) is 73.7 Å². The third-order valence-corrected chi connectivity index (χ3v) is 9.45. The van der Waals surface area contributed by atoms with E-state index in [2.05, 4.69) is 21.8 Å². The molecule has 0 aliphatic rings. The lowest BCUT2D eigenvalue weighted by molar-refractivity contribution is -0.151. The van der Waals surface area contributed by atoms with Crippen LogP contribution in [-0.4, -0.2) is 65.9 Å². The Balaban J connectivity index is 1.17. The molecule has 4 atom stereocenters. The van der Waals surface area contributed by atoms with Crippen molar-refractivity contribution < 1.29 is 19.8 Å². The van der Waals surface area contributed by atoms with Crippen molar-refractivity contribution in [1.29, 1.82) is 0 Å². The number of imidazole rings is 2. The summed E-state index contributed by atoms with van der Waals surface area (Å²) in [5, 5.41) is 22.1. The van der Waals surface area contributed by atoms with Crippen LogP contribution in [-0.2, 0) is 20.8 Å². The van der Waals surface area contributed by atoms with Crippen LogP contribution in [0.5, 0.6) is 0 Å². The highest BCUT2D eigenvalue weighted by Crippen LogP contribution is 2.29. The van der Waals surface area contributed by atoms with E-state index < -0.39 is 35.1 Å². The predicted molar refractivity (Wildman–Crippen MR) is 193 cm³/mol. The van der Waals surface area contributed by atoms with Crippen molar-refractivity contribution in [2.75, 3.05) is 14.1 Å². The standard InChI is InChI=1S/C40H40N6O4/c1-25(45(5)37(47)39(3,49)29-13-9-7-10-14-29)35-41-31-21-19-27(23-33(31)43-35)17-18-28-20-22-32-34(24-28)44-36(42-32)26(2)46(6)38(48)40(4,50)30-15-11-8-12-16-30/h7-16,19-26,49-50H,1-6H3,(H,41,43)(H,42,44)/t25-,26-,39-,40-/m0/s1. The first-order valence-electron chi connectivity index (χ1n) is 16.4. The summed E-state index contributed by atoms with van der Waals surface area (Å²) in [5.41, 5.74) is 2.24. The van der Waals surface area contributed by atoms with Gasteiger partial charge in [0.25, 0.3) is 11.8 Å². The molecule has 0 bridgehead atoms. The average molecular weight is 669 g/mol. The number of aromatic amines is 2. The van der Waals surface area contributed by atoms with Crippen LogP contribution in [0.15, 0.2) is 97.1 Å². The molecule has 6 aromatic rings. The third-order valence-electron chi connectivity index (χ3n) is 9.45. The molecule has 10 heteroatoms. The highest BCUT2D eigenvalue weighted by atomic mass is 16.3. The largest absolute Gasteiger partial charge is 0.376 e. The fourth-order valence-electron chi connectivity index (χ4n) is 5.92. The minimum absolute atomic E-state index is 0.428. The van der Waals surface area contributed by atoms with E-state index in [0.717, 1.165) is 22.2 Å². The quantitative estimate of drug-likeness (QED) is 0.154. The molecule has 0 aliphatic carbocycles. The van der Waals surface area contributed by atoms with Gasteiger partial charge in [-0.2, -0.15) is 0 Å². The SMILES string of the molecule is C[C@@H](c1nc2cc(C#Cc3ccc4[nH]c([C@H](C)N(C)C(=O)[C@@](C)(O)c5ccccc5)nc4c3)ccc2[nH]1)N(C)C(=O)[C@@](C)(O)c1ccccc1. The molecule has 0 radical (unpaired) electrons. The van der Waals surface area contributed by atoms with Gasteiger partial charge in [0.1, 0.15) is 11.6 Å². The molecule has 0 saturated carbocycles. The number of hydrogen-bond acceptors (Lipinski definition) is 6. The van der Waals surface area contributed by atoms with Gasteiger partial charge in [-0.05, 0) is 75.2 Å². The summed E-state index contributed by atoms with van der Waals surface area (Å²) in [6.45, 7) is 6.72. The molecule has 0 aliphatic heterocycles. The van der Waals surface area contributed by atoms with Crippen molar-refractivity contribution in [2.24, 2.45) is 0 Å². The monoisotopic (exact) mass is 668 g/mol. The maximum atomic E-state index is 13.3. The van der Waals surface area contributed by atoms with Crippen molar-refractivity contribution >= 4 is 33.9 Å². The average Bonchev–Trinajstić information content (AvgIpc) is 3.77. The van der Waals surface area contributed by atoms with Crippen molar-refractivity contribution in [3.05, 3.63) is 131 Å². The fraction of sp³-hybridized carbons (Fsp3) is 0.250. The van der Waals surface area contributed by atoms with Gasteiger partial charge in [-0.1, -0.05) is 72.5 Å². The van der Waals surface area contributed by atoms with Crippen LogP contribution < -0.4 is 0 Å². The molecule has 6 rings (SSSR count). The van der Waals surface area contributed by atoms with E-state index in [0.29, 0.717) is 33.8 Å². The third kappa shape index (κ3) is 6.49. The van der Waals surface area contributed by atoms with Crippen LogP contribution in [0.3, 0.4) is 0 Å². The minimum atomic E-state index is -1.68. The maximum Gasteiger partial charge on any atom is 0.259 e. The molecular formula is C40H40N6O4. The zero-order chi connectivity index (χ0) is 35.8. The lowest BCUT2D eigenvalue weighted by atomic mass is 9.94. The lowest BCUT2D eigenvalue weighted by Crippen LogP contribution is -2.44. The number of H-pyrrole nitrogens is 2. The van der Waals surface area contributed by atoms with Crippen LogP contribution in [0.2, 0.25) is 0 Å². The summed E-state index contributed by atoms with van der Waals surface area (Å²) in [5.74, 6) is 6.74. The van der Waals surface area contributed by atoms with Crippen molar-refractivity contribution in [3.8, 4) is 11.8 Å². The number of benzene rings is 4. The first-order valence-corrected chi connectivity index (χ1v) is 16.4. The van der Waals surface area contributed by atoms with Crippen molar-refractivity contribution in [1.82, 2.24) is 29.7 Å². The molecule has 0 saturated heterocycles. The molecule has 2 heterocycles. The lowest BCUT2D eigenvalue weighted by Gasteiger charge is -2.31. The number of nitrogens with one attached hydrogen (secondary N) is 2. The van der Waals surface area contributed by atoms with E-state index in [1.807, 2.05) is 62.4 Å². The van der Waals surface area contributed by atoms with E-state index in [9.17, 15) is 19.8 Å². The van der Waals surface area contributed by atoms with E-state index in [4.69, 9.17) is 9.97 Å². The van der Waals surface area contributed by atoms with E-state index >= 15 is 0 Å². The number of carbonyl (C=O) groups excluding carboxylic acids is 2. The van der Waals surface area contributed by atoms with Crippen LogP contribution in [0.25, 0.3) is 22.1 Å². The van der Waals surface area contributed by atoms with Gasteiger partial charge in [0, 0.05) is 25.2 Å². The Morgan fingerprint density at radius 1 is 0.640 bits per heavy atom. The predicted octanol–water partition coefficient (Wildman–Crippen LogP) is 5.69. The van der Waals surface area contributed by atoms with Crippen molar-refractivity contribution in [2.45, 2.75) is 51.0 Å². The second-order valence-corrected chi connectivity index (χ2v) is 13.0. The Morgan fingerprint density at radius 3 is 1.36 bits per heavy atom. The molecular weight excluding hydrogens is 628 g/mol. The molecule has 2 aromatic heterocycles. The highest BCUT2D eigenvalue weighted by Gasteiger charge is 2.38. The van der Waals surface area contributed by atoms with Crippen LogP contribution >= 0.6 is 0 Å². The summed E-state index contributed by atoms with van der Waals surface area (Å²) in [7, 11) is 3.31. The summed E-state index contributed by atoms with van der Waals surface area (Å²) in [6, 6.07) is 28.3. The molecule has 254 valence electrons. The van der Waals surface area contributed by atoms with Crippen LogP contribution in [0.4, 0.5) is 0 Å². The number of likely N-dealkylation sites (N-methyl/N-ethyl adjacent to an activating group) is 2. The number of rotatable bonds is 8. The van der Waals surface area contributed by atoms with Gasteiger partial charge in [0.05, 0.1) is 34.2 Å². The first kappa shape index (κ1) is 34.1. The number of hydrogen-bond donors (Lipinski definition) is 4. The number of aromatic nitrogens is 4. The molecule has 0 unspecified atom stereocenters. The highest BCUT2D eigenvalue weighted by molar-refractivity contribution is 5.87. The molecule has 2 amide bonds. The van der Waals surface area contributed by atoms with Crippen molar-refractivity contribution in [3.63, 3.8) is 0 Å². The van der Waals surface area contributed by atoms with Gasteiger partial charge in [-0.15, -0.1) is 0 Å². The van der Waals surface area contributed by atoms with Gasteiger partial charge < -0.3 is 30.0 Å². The Kier molecular flexibility index (Phi) is 9.06. The number of fused-ring (bicyclic) bond motifs is 2. The smallest absolute Gasteiger partial charge is 0.259 e. The minimum Gasteiger partial charge on any atom is -0.376 e. The van der Waals surface area contributed by atoms with Gasteiger partial charge in [-0.25, -0.2) is 9.97 Å². The Morgan fingerprint density at radius 2 is 1.00 bits per heavy atom. The molecule has 4 N–H and O–H groups in total. The zero-order valence-corrected chi connectivity index (χ0v) is 28.9. The topological polar surface area (TPSA) is 138 Å². The number of aliphatic hydroxyl groups is 2. The molecule has 50 heavy (non-hydrogen) atoms. The summed E-state index contributed by atoms with van der Waals surface area (Å²) in [4.78, 5) is 45.7. The molecule has 0 spiro atoms. The Bertz CT molecular complexity index is 2090. The Labute approximate surface area is 290 Å². The number of amides is 2. The van der Waals surface area contributed by atoms with Gasteiger partial charge in [0.2, 0.25) is 0 Å². The normalized spacial score (nSPS) is 15.0. The molecule has 0 fully saturated rings. The fourth-order valence-corrected chi connectivity index (χ4v) is 5.92. The number of carbonyl (C=O) groups is 2. The maximum absolute atomic E-state index is 13.3. The number of nitrogens with zero attached hydrogens (tertiary/aromatic N) is 4. The first-order chi connectivity index (χ1) is 23.8. The van der Waals surface area contributed by atoms with E-state index in [-0.39, 0.29) is 0 Å². The molecule has 4 aromatic carbocycles. The summed E-state index contributed by atoms with van der Waals surface area (Å²) < 4.78 is 0. The summed E-state index contributed by atoms with van der Waals surface area (Å²) >= 11 is 0. The Hall–Kier alpha value is -5.76. The molecule has 10 nitrogen and oxygen atoms in total. The second kappa shape index (κ2) is 13.3. The second-order valence-electron chi connectivity index (χ2n) is 13.0. The van der Waals surface area contributed by atoms with E-state index in [1.165, 1.54) is 23.6 Å². The zero-order valence-electron chi connectivity index (χ0n) is 28.9. The van der Waals surface area contributed by atoms with Crippen LogP contribution in [0, 0.1) is 11.8 Å². The van der Waals surface area contributed by atoms with E-state index in [1.54, 1.807) is 62.6 Å². The van der Waals surface area contributed by atoms with Gasteiger partial charge in [-0.3, -0.25) is 9.59 Å².